The Morgan fingerprint density at radius 1 is 1.13 bits per heavy atom. The topological polar surface area (TPSA) is 76.3 Å². The Hall–Kier alpha value is -2.03. The fraction of sp³-hybridized carbons (Fsp3) is 0.364. The average Bonchev–Trinajstić information content (AvgIpc) is 3.24. The van der Waals surface area contributed by atoms with Crippen LogP contribution in [-0.4, -0.2) is 36.0 Å². The van der Waals surface area contributed by atoms with Crippen molar-refractivity contribution in [1.29, 1.82) is 0 Å². The Morgan fingerprint density at radius 3 is 2.57 bits per heavy atom. The molecule has 1 fully saturated rings. The van der Waals surface area contributed by atoms with Crippen LogP contribution in [-0.2, 0) is 10.0 Å². The summed E-state index contributed by atoms with van der Waals surface area (Å²) < 4.78 is 33.7. The van der Waals surface area contributed by atoms with Gasteiger partial charge in [0.2, 0.25) is 15.9 Å². The molecule has 3 aromatic rings. The number of piperidine rings is 1. The maximum Gasteiger partial charge on any atom is 0.243 e. The van der Waals surface area contributed by atoms with Gasteiger partial charge in [-0.25, -0.2) is 8.42 Å². The van der Waals surface area contributed by atoms with Gasteiger partial charge in [-0.05, 0) is 49.1 Å². The van der Waals surface area contributed by atoms with Crippen molar-refractivity contribution >= 4 is 26.0 Å². The predicted molar refractivity (Wildman–Crippen MR) is 118 cm³/mol. The van der Waals surface area contributed by atoms with E-state index in [9.17, 15) is 8.42 Å². The summed E-state index contributed by atoms with van der Waals surface area (Å²) in [6.07, 6.45) is 1.32. The largest absolute Gasteiger partial charge is 0.339 e. The van der Waals surface area contributed by atoms with Gasteiger partial charge in [-0.3, -0.25) is 0 Å². The average molecular weight is 490 g/mol. The lowest BCUT2D eigenvalue weighted by Crippen LogP contribution is -2.37. The van der Waals surface area contributed by atoms with Crippen LogP contribution in [0.1, 0.15) is 54.4 Å². The zero-order chi connectivity index (χ0) is 21.3. The number of hydrogen-bond donors (Lipinski definition) is 0. The van der Waals surface area contributed by atoms with Crippen LogP contribution in [0, 0.1) is 6.92 Å². The van der Waals surface area contributed by atoms with Crippen molar-refractivity contribution in [3.8, 4) is 0 Å². The molecule has 2 aromatic carbocycles. The van der Waals surface area contributed by atoms with Crippen LogP contribution in [0.5, 0.6) is 0 Å². The number of rotatable bonds is 5. The molecular formula is C22H24BrN3O3S. The standard InChI is InChI=1S/C22H24BrN3O3S/c1-15-6-3-4-9-20(15)16(2)21-24-22(29-25-21)17-10-12-26(13-11-17)30(27,28)19-8-5-7-18(23)14-19/h3-9,14,16-17H,10-13H2,1-2H3/t16-/m0/s1. The third-order valence-corrected chi connectivity index (χ3v) is 8.12. The van der Waals surface area contributed by atoms with Gasteiger partial charge in [-0.2, -0.15) is 9.29 Å². The summed E-state index contributed by atoms with van der Waals surface area (Å²) in [5, 5.41) is 4.21. The van der Waals surface area contributed by atoms with E-state index in [1.165, 1.54) is 11.1 Å². The molecule has 0 radical (unpaired) electrons. The van der Waals surface area contributed by atoms with E-state index in [2.05, 4.69) is 52.1 Å². The molecule has 0 amide bonds. The minimum atomic E-state index is -3.50. The van der Waals surface area contributed by atoms with Crippen molar-refractivity contribution in [3.05, 3.63) is 75.8 Å². The van der Waals surface area contributed by atoms with Crippen LogP contribution in [0.15, 0.2) is 62.4 Å². The highest BCUT2D eigenvalue weighted by Crippen LogP contribution is 2.32. The summed E-state index contributed by atoms with van der Waals surface area (Å²) in [5.41, 5.74) is 2.38. The van der Waals surface area contributed by atoms with E-state index in [0.29, 0.717) is 42.5 Å². The fourth-order valence-electron chi connectivity index (χ4n) is 3.92. The first-order valence-electron chi connectivity index (χ1n) is 10.0. The summed E-state index contributed by atoms with van der Waals surface area (Å²) in [7, 11) is -3.50. The molecule has 8 heteroatoms. The quantitative estimate of drug-likeness (QED) is 0.511. The van der Waals surface area contributed by atoms with Gasteiger partial charge in [-0.15, -0.1) is 0 Å². The third kappa shape index (κ3) is 4.22. The lowest BCUT2D eigenvalue weighted by Gasteiger charge is -2.29. The molecule has 0 N–H and O–H groups in total. The Bertz CT molecular complexity index is 1140. The zero-order valence-electron chi connectivity index (χ0n) is 17.0. The summed E-state index contributed by atoms with van der Waals surface area (Å²) >= 11 is 3.34. The molecule has 30 heavy (non-hydrogen) atoms. The second-order valence-corrected chi connectivity index (χ2v) is 10.6. The molecule has 0 aliphatic carbocycles. The number of nitrogens with zero attached hydrogens (tertiary/aromatic N) is 3. The molecule has 0 unspecified atom stereocenters. The first-order chi connectivity index (χ1) is 14.4. The van der Waals surface area contributed by atoms with Crippen LogP contribution in [0.25, 0.3) is 0 Å². The minimum Gasteiger partial charge on any atom is -0.339 e. The summed E-state index contributed by atoms with van der Waals surface area (Å²) in [6, 6.07) is 15.0. The fourth-order valence-corrected chi connectivity index (χ4v) is 5.99. The van der Waals surface area contributed by atoms with Crippen LogP contribution >= 0.6 is 15.9 Å². The van der Waals surface area contributed by atoms with Gasteiger partial charge in [0.25, 0.3) is 0 Å². The maximum atomic E-state index is 12.9. The minimum absolute atomic E-state index is 0.0423. The molecule has 158 valence electrons. The highest BCUT2D eigenvalue weighted by atomic mass is 79.9. The molecule has 1 aliphatic heterocycles. The van der Waals surface area contributed by atoms with Crippen molar-refractivity contribution in [3.63, 3.8) is 0 Å². The van der Waals surface area contributed by atoms with Gasteiger partial charge in [0, 0.05) is 29.4 Å². The first-order valence-corrected chi connectivity index (χ1v) is 12.2. The van der Waals surface area contributed by atoms with Crippen LogP contribution in [0.2, 0.25) is 0 Å². The molecule has 0 spiro atoms. The van der Waals surface area contributed by atoms with Crippen molar-refractivity contribution < 1.29 is 12.9 Å². The highest BCUT2D eigenvalue weighted by Gasteiger charge is 2.32. The highest BCUT2D eigenvalue weighted by molar-refractivity contribution is 9.10. The molecule has 1 aliphatic rings. The van der Waals surface area contributed by atoms with Crippen LogP contribution in [0.3, 0.4) is 0 Å². The monoisotopic (exact) mass is 489 g/mol. The predicted octanol–water partition coefficient (Wildman–Crippen LogP) is 4.86. The lowest BCUT2D eigenvalue weighted by atomic mass is 9.95. The van der Waals surface area contributed by atoms with E-state index < -0.39 is 10.0 Å². The summed E-state index contributed by atoms with van der Waals surface area (Å²) in [4.78, 5) is 4.96. The molecule has 0 saturated carbocycles. The molecule has 4 rings (SSSR count). The first kappa shape index (κ1) is 21.2. The van der Waals surface area contributed by atoms with Gasteiger partial charge in [-0.1, -0.05) is 58.3 Å². The van der Waals surface area contributed by atoms with Crippen molar-refractivity contribution in [2.75, 3.05) is 13.1 Å². The Kier molecular flexibility index (Phi) is 6.09. The normalized spacial score (nSPS) is 17.2. The number of sulfonamides is 1. The zero-order valence-corrected chi connectivity index (χ0v) is 19.4. The smallest absolute Gasteiger partial charge is 0.243 e. The number of aryl methyl sites for hydroxylation is 1. The Morgan fingerprint density at radius 2 is 1.87 bits per heavy atom. The van der Waals surface area contributed by atoms with Crippen LogP contribution < -0.4 is 0 Å². The van der Waals surface area contributed by atoms with Gasteiger partial charge in [0.1, 0.15) is 0 Å². The van der Waals surface area contributed by atoms with Gasteiger partial charge >= 0.3 is 0 Å². The summed E-state index contributed by atoms with van der Waals surface area (Å²) in [6.45, 7) is 5.02. The second kappa shape index (κ2) is 8.61. The number of aromatic nitrogens is 2. The van der Waals surface area contributed by atoms with E-state index in [0.717, 1.165) is 4.47 Å². The van der Waals surface area contributed by atoms with Crippen molar-refractivity contribution in [2.24, 2.45) is 0 Å². The van der Waals surface area contributed by atoms with Crippen molar-refractivity contribution in [2.45, 2.75) is 43.4 Å². The number of hydrogen-bond acceptors (Lipinski definition) is 5. The molecule has 1 saturated heterocycles. The van der Waals surface area contributed by atoms with E-state index in [-0.39, 0.29) is 11.8 Å². The number of halogens is 1. The Labute approximate surface area is 185 Å². The van der Waals surface area contributed by atoms with Crippen molar-refractivity contribution in [1.82, 2.24) is 14.4 Å². The van der Waals surface area contributed by atoms with Gasteiger partial charge in [0.15, 0.2) is 5.82 Å². The maximum absolute atomic E-state index is 12.9. The second-order valence-electron chi connectivity index (χ2n) is 7.70. The molecule has 1 atom stereocenters. The van der Waals surface area contributed by atoms with E-state index in [1.54, 1.807) is 22.5 Å². The SMILES string of the molecule is Cc1ccccc1[C@H](C)c1noc(C2CCN(S(=O)(=O)c3cccc(Br)c3)CC2)n1. The Balaban J connectivity index is 1.44. The van der Waals surface area contributed by atoms with E-state index in [1.807, 2.05) is 18.2 Å². The van der Waals surface area contributed by atoms with E-state index in [4.69, 9.17) is 4.52 Å². The van der Waals surface area contributed by atoms with Gasteiger partial charge in [0.05, 0.1) is 4.90 Å². The number of benzene rings is 2. The van der Waals surface area contributed by atoms with Crippen LogP contribution in [0.4, 0.5) is 0 Å². The van der Waals surface area contributed by atoms with Gasteiger partial charge < -0.3 is 4.52 Å². The van der Waals surface area contributed by atoms with E-state index >= 15 is 0 Å². The molecular weight excluding hydrogens is 466 g/mol. The molecule has 2 heterocycles. The molecule has 6 nitrogen and oxygen atoms in total. The lowest BCUT2D eigenvalue weighted by molar-refractivity contribution is 0.270. The third-order valence-electron chi connectivity index (χ3n) is 5.74. The molecule has 0 bridgehead atoms. The summed E-state index contributed by atoms with van der Waals surface area (Å²) in [5.74, 6) is 1.39. The molecule has 1 aromatic heterocycles.